The van der Waals surface area contributed by atoms with Crippen LogP contribution < -0.4 is 13.6 Å². The lowest BCUT2D eigenvalue weighted by atomic mass is 10.2. The molecule has 1 aromatic carbocycles. The van der Waals surface area contributed by atoms with Crippen LogP contribution in [0.4, 0.5) is 0 Å². The molecule has 4 rings (SSSR count). The van der Waals surface area contributed by atoms with Crippen LogP contribution in [0.1, 0.15) is 5.56 Å². The van der Waals surface area contributed by atoms with Crippen molar-refractivity contribution in [2.24, 2.45) is 0 Å². The molecule has 9 heteroatoms. The van der Waals surface area contributed by atoms with Gasteiger partial charge >= 0.3 is 13.7 Å². The molecule has 2 bridgehead atoms. The molecule has 18 heavy (non-hydrogen) atoms. The fourth-order valence-corrected chi connectivity index (χ4v) is 3.04. The number of hydrogen-bond donors (Lipinski definition) is 1. The molecule has 8 nitrogen and oxygen atoms in total. The third-order valence-electron chi connectivity index (χ3n) is 2.64. The molecule has 0 saturated heterocycles. The van der Waals surface area contributed by atoms with Gasteiger partial charge in [-0.05, 0) is 17.7 Å². The first kappa shape index (κ1) is 9.93. The first-order valence-corrected chi connectivity index (χ1v) is 6.53. The molecule has 0 radical (unpaired) electrons. The number of benzene rings is 1. The van der Waals surface area contributed by atoms with Gasteiger partial charge in [0, 0.05) is 0 Å². The number of aromatic nitrogens is 3. The molecule has 2 aliphatic heterocycles. The lowest BCUT2D eigenvalue weighted by Gasteiger charge is -2.11. The van der Waals surface area contributed by atoms with E-state index in [0.29, 0.717) is 11.3 Å². The van der Waals surface area contributed by atoms with Gasteiger partial charge in [0.2, 0.25) is 0 Å². The van der Waals surface area contributed by atoms with E-state index < -0.39 is 7.82 Å². The predicted molar refractivity (Wildman–Crippen MR) is 56.8 cm³/mol. The molecule has 2 aliphatic rings. The Balaban J connectivity index is 2.02. The largest absolute Gasteiger partial charge is 0.650 e. The van der Waals surface area contributed by atoms with Crippen molar-refractivity contribution in [3.05, 3.63) is 23.8 Å². The van der Waals surface area contributed by atoms with Gasteiger partial charge in [-0.2, -0.15) is 9.25 Å². The fraction of sp³-hybridized carbons (Fsp3) is 0.111. The number of rotatable bonds is 1. The monoisotopic (exact) mass is 267 g/mol. The van der Waals surface area contributed by atoms with Crippen LogP contribution in [0.2, 0.25) is 0 Å². The number of fused-ring (bicyclic) bond motifs is 3. The third-order valence-corrected chi connectivity index (χ3v) is 3.86. The minimum Gasteiger partial charge on any atom is -0.392 e. The van der Waals surface area contributed by atoms with E-state index in [4.69, 9.17) is 18.7 Å². The Labute approximate surface area is 100 Å². The zero-order chi connectivity index (χ0) is 12.3. The van der Waals surface area contributed by atoms with E-state index >= 15 is 0 Å². The molecule has 0 fully saturated rings. The highest BCUT2D eigenvalue weighted by atomic mass is 31.2. The van der Waals surface area contributed by atoms with E-state index in [2.05, 4.69) is 10.3 Å². The van der Waals surface area contributed by atoms with Crippen LogP contribution in [0, 0.1) is 0 Å². The van der Waals surface area contributed by atoms with Crippen molar-refractivity contribution in [1.29, 1.82) is 0 Å². The summed E-state index contributed by atoms with van der Waals surface area (Å²) in [5.41, 5.74) is 1.15. The fourth-order valence-electron chi connectivity index (χ4n) is 1.85. The Hall–Kier alpha value is -2.05. The second kappa shape index (κ2) is 3.04. The number of aliphatic hydroxyl groups is 1. The van der Waals surface area contributed by atoms with Crippen molar-refractivity contribution in [1.82, 2.24) is 15.0 Å². The average molecular weight is 267 g/mol. The lowest BCUT2D eigenvalue weighted by Crippen LogP contribution is -2.00. The van der Waals surface area contributed by atoms with Gasteiger partial charge in [0.25, 0.3) is 5.88 Å². The second-order valence-electron chi connectivity index (χ2n) is 3.79. The van der Waals surface area contributed by atoms with E-state index in [1.807, 2.05) is 0 Å². The quantitative estimate of drug-likeness (QED) is 0.771. The Morgan fingerprint density at radius 1 is 1.33 bits per heavy atom. The van der Waals surface area contributed by atoms with Crippen molar-refractivity contribution in [3.8, 4) is 23.2 Å². The minimum atomic E-state index is -3.72. The number of aliphatic hydroxyl groups excluding tert-OH is 1. The summed E-state index contributed by atoms with van der Waals surface area (Å²) in [6, 6.07) is 4.93. The molecule has 92 valence electrons. The molecule has 0 saturated carbocycles. The Kier molecular flexibility index (Phi) is 1.68. The van der Waals surface area contributed by atoms with Gasteiger partial charge < -0.3 is 18.7 Å². The van der Waals surface area contributed by atoms with Gasteiger partial charge in [-0.1, -0.05) is 16.4 Å². The average Bonchev–Trinajstić information content (AvgIpc) is 2.83. The Morgan fingerprint density at radius 2 is 2.22 bits per heavy atom. The van der Waals surface area contributed by atoms with Crippen LogP contribution in [0.25, 0.3) is 5.69 Å². The van der Waals surface area contributed by atoms with E-state index in [1.165, 1.54) is 4.68 Å². The summed E-state index contributed by atoms with van der Waals surface area (Å²) in [5, 5.41) is 16.6. The Bertz CT molecular complexity index is 712. The van der Waals surface area contributed by atoms with Crippen molar-refractivity contribution < 1.29 is 23.2 Å². The van der Waals surface area contributed by atoms with Gasteiger partial charge in [0.15, 0.2) is 5.75 Å². The molecule has 1 N–H and O–H groups in total. The standard InChI is InChI=1S/C9H6N3O5P/c13-4-5-1-2-6-7(3-5)15-18(14)16-8-9(17-18)12(6)11-10-8/h1-3,13H,4H2. The second-order valence-corrected chi connectivity index (χ2v) is 5.23. The van der Waals surface area contributed by atoms with Gasteiger partial charge in [-0.25, -0.2) is 0 Å². The summed E-state index contributed by atoms with van der Waals surface area (Å²) in [6.45, 7) is -0.155. The highest BCUT2D eigenvalue weighted by molar-refractivity contribution is 7.50. The van der Waals surface area contributed by atoms with Gasteiger partial charge in [0.05, 0.1) is 6.61 Å². The topological polar surface area (TPSA) is 95.7 Å². The summed E-state index contributed by atoms with van der Waals surface area (Å²) in [5.74, 6) is 0.476. The third kappa shape index (κ3) is 1.16. The van der Waals surface area contributed by atoms with Crippen LogP contribution in [0.5, 0.6) is 17.5 Å². The predicted octanol–water partition coefficient (Wildman–Crippen LogP) is 1.03. The molecule has 0 amide bonds. The molecule has 1 unspecified atom stereocenters. The molecule has 3 heterocycles. The van der Waals surface area contributed by atoms with E-state index in [0.717, 1.165) is 0 Å². The van der Waals surface area contributed by atoms with Gasteiger partial charge in [-0.15, -0.1) is 0 Å². The van der Waals surface area contributed by atoms with Crippen LogP contribution >= 0.6 is 7.82 Å². The van der Waals surface area contributed by atoms with Gasteiger partial charge in [-0.3, -0.25) is 0 Å². The SMILES string of the molecule is O=P12Oc3cc(CO)ccc3-n3nnc(c3O1)O2. The lowest BCUT2D eigenvalue weighted by molar-refractivity contribution is 0.281. The van der Waals surface area contributed by atoms with Crippen LogP contribution in [0.15, 0.2) is 18.2 Å². The zero-order valence-corrected chi connectivity index (χ0v) is 9.70. The number of hydrogen-bond acceptors (Lipinski definition) is 7. The molecular formula is C9H6N3O5P. The molecule has 2 aromatic rings. The summed E-state index contributed by atoms with van der Waals surface area (Å²) >= 11 is 0. The van der Waals surface area contributed by atoms with Crippen molar-refractivity contribution in [3.63, 3.8) is 0 Å². The number of nitrogens with zero attached hydrogens (tertiary/aromatic N) is 3. The molecule has 0 aliphatic carbocycles. The van der Waals surface area contributed by atoms with Crippen LogP contribution in [-0.2, 0) is 11.2 Å². The molecule has 1 atom stereocenters. The first-order chi connectivity index (χ1) is 8.68. The first-order valence-electron chi connectivity index (χ1n) is 5.07. The number of phosphoric ester groups is 1. The summed E-state index contributed by atoms with van der Waals surface area (Å²) in [4.78, 5) is 0. The minimum absolute atomic E-state index is 0.0511. The normalized spacial score (nSPS) is 22.5. The maximum absolute atomic E-state index is 12.1. The van der Waals surface area contributed by atoms with Crippen LogP contribution in [-0.4, -0.2) is 20.1 Å². The summed E-state index contributed by atoms with van der Waals surface area (Å²) in [7, 11) is -3.72. The molecular weight excluding hydrogens is 261 g/mol. The van der Waals surface area contributed by atoms with Crippen molar-refractivity contribution >= 4 is 7.82 Å². The van der Waals surface area contributed by atoms with Crippen molar-refractivity contribution in [2.75, 3.05) is 0 Å². The highest BCUT2D eigenvalue weighted by Gasteiger charge is 2.48. The maximum Gasteiger partial charge on any atom is 0.650 e. The Morgan fingerprint density at radius 3 is 3.06 bits per heavy atom. The summed E-state index contributed by atoms with van der Waals surface area (Å²) < 4.78 is 28.8. The van der Waals surface area contributed by atoms with Gasteiger partial charge in [0.1, 0.15) is 5.69 Å². The molecule has 0 spiro atoms. The maximum atomic E-state index is 12.1. The van der Waals surface area contributed by atoms with E-state index in [9.17, 15) is 4.57 Å². The smallest absolute Gasteiger partial charge is 0.392 e. The zero-order valence-electron chi connectivity index (χ0n) is 8.81. The van der Waals surface area contributed by atoms with Crippen molar-refractivity contribution in [2.45, 2.75) is 6.61 Å². The van der Waals surface area contributed by atoms with Crippen LogP contribution in [0.3, 0.4) is 0 Å². The van der Waals surface area contributed by atoms with E-state index in [-0.39, 0.29) is 24.1 Å². The highest BCUT2D eigenvalue weighted by Crippen LogP contribution is 2.61. The van der Waals surface area contributed by atoms with E-state index in [1.54, 1.807) is 18.2 Å². The number of phosphoric acid groups is 1. The molecule has 1 aromatic heterocycles. The summed E-state index contributed by atoms with van der Waals surface area (Å²) in [6.07, 6.45) is 0.